The van der Waals surface area contributed by atoms with Crippen LogP contribution < -0.4 is 5.32 Å². The molecule has 1 aliphatic carbocycles. The maximum Gasteiger partial charge on any atom is 0.232 e. The van der Waals surface area contributed by atoms with Crippen LogP contribution in [0.1, 0.15) is 45.1 Å². The summed E-state index contributed by atoms with van der Waals surface area (Å²) >= 11 is 5.96. The third-order valence-electron chi connectivity index (χ3n) is 5.27. The Morgan fingerprint density at radius 3 is 2.29 bits per heavy atom. The van der Waals surface area contributed by atoms with Gasteiger partial charge in [-0.25, -0.2) is 0 Å². The second kappa shape index (κ2) is 8.07. The summed E-state index contributed by atoms with van der Waals surface area (Å²) in [6, 6.07) is 8.23. The summed E-state index contributed by atoms with van der Waals surface area (Å²) in [5.74, 6) is 1.14. The molecule has 1 aromatic rings. The van der Waals surface area contributed by atoms with Crippen LogP contribution in [0.5, 0.6) is 0 Å². The van der Waals surface area contributed by atoms with Crippen LogP contribution in [0.25, 0.3) is 0 Å². The van der Waals surface area contributed by atoms with E-state index in [1.165, 1.54) is 12.8 Å². The summed E-state index contributed by atoms with van der Waals surface area (Å²) in [5, 5.41) is 4.37. The van der Waals surface area contributed by atoms with Crippen LogP contribution in [-0.2, 0) is 10.2 Å². The number of nitrogens with one attached hydrogen (secondary N) is 1. The summed E-state index contributed by atoms with van der Waals surface area (Å²) in [5.41, 5.74) is 0.527. The second-order valence-electron chi connectivity index (χ2n) is 7.55. The summed E-state index contributed by atoms with van der Waals surface area (Å²) < 4.78 is 0. The highest BCUT2D eigenvalue weighted by Gasteiger charge is 2.35. The van der Waals surface area contributed by atoms with Crippen LogP contribution in [0.4, 0.5) is 0 Å². The first-order valence-corrected chi connectivity index (χ1v) is 9.13. The number of nitrogens with zero attached hydrogens (tertiary/aromatic N) is 1. The Hall–Kier alpha value is -0.770. The fraction of sp³-hybridized carbons (Fsp3) is 0.632. The van der Waals surface area contributed by atoms with E-state index in [0.717, 1.165) is 44.0 Å². The van der Waals surface area contributed by atoms with Crippen molar-refractivity contribution < 1.29 is 4.79 Å². The van der Waals surface area contributed by atoms with E-state index in [4.69, 9.17) is 11.6 Å². The molecule has 1 saturated heterocycles. The van der Waals surface area contributed by atoms with Crippen LogP contribution in [0, 0.1) is 5.92 Å². The van der Waals surface area contributed by atoms with Gasteiger partial charge in [-0.15, -0.1) is 12.4 Å². The molecule has 0 radical (unpaired) electrons. The smallest absolute Gasteiger partial charge is 0.232 e. The Kier molecular flexibility index (Phi) is 6.58. The van der Waals surface area contributed by atoms with E-state index in [1.807, 2.05) is 43.0 Å². The Morgan fingerprint density at radius 2 is 1.75 bits per heavy atom. The summed E-state index contributed by atoms with van der Waals surface area (Å²) in [7, 11) is 0. The van der Waals surface area contributed by atoms with Crippen LogP contribution in [0.2, 0.25) is 5.02 Å². The molecule has 1 aromatic carbocycles. The van der Waals surface area contributed by atoms with Crippen molar-refractivity contribution in [3.63, 3.8) is 0 Å². The van der Waals surface area contributed by atoms with E-state index in [9.17, 15) is 4.79 Å². The quantitative estimate of drug-likeness (QED) is 0.848. The van der Waals surface area contributed by atoms with Crippen molar-refractivity contribution in [2.45, 2.75) is 51.0 Å². The molecule has 1 heterocycles. The number of carbonyl (C=O) groups is 1. The van der Waals surface area contributed by atoms with Crippen LogP contribution in [-0.4, -0.2) is 36.5 Å². The molecule has 24 heavy (non-hydrogen) atoms. The number of benzene rings is 1. The molecule has 0 spiro atoms. The Bertz CT molecular complexity index is 547. The number of likely N-dealkylation sites (tertiary alicyclic amines) is 1. The molecule has 1 aliphatic heterocycles. The summed E-state index contributed by atoms with van der Waals surface area (Å²) in [6.45, 7) is 6.90. The Morgan fingerprint density at radius 1 is 1.17 bits per heavy atom. The third-order valence-corrected chi connectivity index (χ3v) is 5.53. The topological polar surface area (TPSA) is 32.3 Å². The molecule has 2 fully saturated rings. The molecule has 3 nitrogen and oxygen atoms in total. The number of hydrogen-bond donors (Lipinski definition) is 1. The van der Waals surface area contributed by atoms with Crippen LogP contribution in [0.15, 0.2) is 24.3 Å². The van der Waals surface area contributed by atoms with Gasteiger partial charge in [0.25, 0.3) is 0 Å². The summed E-state index contributed by atoms with van der Waals surface area (Å²) in [4.78, 5) is 15.0. The molecule has 5 heteroatoms. The van der Waals surface area contributed by atoms with Gasteiger partial charge < -0.3 is 10.2 Å². The monoisotopic (exact) mass is 370 g/mol. The standard InChI is InChI=1S/C19H27ClN2O.ClH/c1-19(2,15-5-7-16(20)8-6-15)18(23)22-11-9-17(10-12-22)21-13-14-3-4-14;/h5-8,14,17,21H,3-4,9-13H2,1-2H3;1H. The number of amides is 1. The van der Waals surface area contributed by atoms with E-state index >= 15 is 0 Å². The van der Waals surface area contributed by atoms with E-state index < -0.39 is 5.41 Å². The lowest BCUT2D eigenvalue weighted by Crippen LogP contribution is -2.50. The molecular formula is C19H28Cl2N2O. The van der Waals surface area contributed by atoms with Gasteiger partial charge in [0.1, 0.15) is 0 Å². The largest absolute Gasteiger partial charge is 0.342 e. The number of rotatable bonds is 5. The molecule has 0 atom stereocenters. The number of hydrogen-bond acceptors (Lipinski definition) is 2. The molecule has 2 aliphatic rings. The van der Waals surface area contributed by atoms with Gasteiger partial charge in [0.15, 0.2) is 0 Å². The number of carbonyl (C=O) groups excluding carboxylic acids is 1. The van der Waals surface area contributed by atoms with Gasteiger partial charge in [0.05, 0.1) is 5.41 Å². The van der Waals surface area contributed by atoms with Gasteiger partial charge in [-0.1, -0.05) is 23.7 Å². The number of halogens is 2. The molecule has 3 rings (SSSR count). The average Bonchev–Trinajstić information content (AvgIpc) is 3.37. The first kappa shape index (κ1) is 19.6. The average molecular weight is 371 g/mol. The van der Waals surface area contributed by atoms with E-state index in [2.05, 4.69) is 5.32 Å². The predicted molar refractivity (Wildman–Crippen MR) is 102 cm³/mol. The molecule has 134 valence electrons. The maximum atomic E-state index is 13.0. The van der Waals surface area contributed by atoms with Crippen molar-refractivity contribution >= 4 is 29.9 Å². The van der Waals surface area contributed by atoms with Gasteiger partial charge in [0.2, 0.25) is 5.91 Å². The minimum atomic E-state index is -0.501. The highest BCUT2D eigenvalue weighted by Crippen LogP contribution is 2.30. The molecule has 1 N–H and O–H groups in total. The fourth-order valence-electron chi connectivity index (χ4n) is 3.33. The normalized spacial score (nSPS) is 19.0. The van der Waals surface area contributed by atoms with Gasteiger partial charge in [-0.2, -0.15) is 0 Å². The fourth-order valence-corrected chi connectivity index (χ4v) is 3.45. The zero-order valence-corrected chi connectivity index (χ0v) is 16.1. The third kappa shape index (κ3) is 4.65. The minimum absolute atomic E-state index is 0. The van der Waals surface area contributed by atoms with E-state index in [1.54, 1.807) is 0 Å². The van der Waals surface area contributed by atoms with Crippen molar-refractivity contribution in [3.8, 4) is 0 Å². The number of piperidine rings is 1. The van der Waals surface area contributed by atoms with Crippen molar-refractivity contribution in [1.82, 2.24) is 10.2 Å². The van der Waals surface area contributed by atoms with Crippen molar-refractivity contribution in [3.05, 3.63) is 34.9 Å². The first-order valence-electron chi connectivity index (χ1n) is 8.75. The summed E-state index contributed by atoms with van der Waals surface area (Å²) in [6.07, 6.45) is 4.91. The van der Waals surface area contributed by atoms with Crippen LogP contribution >= 0.6 is 24.0 Å². The minimum Gasteiger partial charge on any atom is -0.342 e. The van der Waals surface area contributed by atoms with Gasteiger partial charge in [0, 0.05) is 24.2 Å². The second-order valence-corrected chi connectivity index (χ2v) is 7.99. The lowest BCUT2D eigenvalue weighted by Gasteiger charge is -2.37. The van der Waals surface area contributed by atoms with Crippen LogP contribution in [0.3, 0.4) is 0 Å². The lowest BCUT2D eigenvalue weighted by molar-refractivity contribution is -0.137. The zero-order chi connectivity index (χ0) is 16.4. The molecule has 1 amide bonds. The molecule has 0 bridgehead atoms. The Labute approximate surface area is 156 Å². The zero-order valence-electron chi connectivity index (χ0n) is 14.6. The first-order chi connectivity index (χ1) is 11.0. The van der Waals surface area contributed by atoms with E-state index in [-0.39, 0.29) is 18.3 Å². The van der Waals surface area contributed by atoms with Crippen molar-refractivity contribution in [1.29, 1.82) is 0 Å². The maximum absolute atomic E-state index is 13.0. The highest BCUT2D eigenvalue weighted by atomic mass is 35.5. The molecule has 1 saturated carbocycles. The van der Waals surface area contributed by atoms with E-state index in [0.29, 0.717) is 11.1 Å². The molecule has 0 aromatic heterocycles. The Balaban J connectivity index is 0.00000208. The molecule has 0 unspecified atom stereocenters. The van der Waals surface area contributed by atoms with Gasteiger partial charge in [-0.3, -0.25) is 4.79 Å². The highest BCUT2D eigenvalue weighted by molar-refractivity contribution is 6.30. The molecular weight excluding hydrogens is 343 g/mol. The van der Waals surface area contributed by atoms with Crippen molar-refractivity contribution in [2.75, 3.05) is 19.6 Å². The lowest BCUT2D eigenvalue weighted by atomic mass is 9.82. The predicted octanol–water partition coefficient (Wildman–Crippen LogP) is 4.03. The SMILES string of the molecule is CC(C)(C(=O)N1CCC(NCC2CC2)CC1)c1ccc(Cl)cc1.Cl. The van der Waals surface area contributed by atoms with Crippen molar-refractivity contribution in [2.24, 2.45) is 5.92 Å². The van der Waals surface area contributed by atoms with Gasteiger partial charge in [-0.05, 0) is 69.7 Å². The van der Waals surface area contributed by atoms with Gasteiger partial charge >= 0.3 is 0 Å².